The van der Waals surface area contributed by atoms with E-state index in [-0.39, 0.29) is 18.7 Å². The quantitative estimate of drug-likeness (QED) is 0.862. The van der Waals surface area contributed by atoms with Crippen LogP contribution in [0.3, 0.4) is 0 Å². The average molecular weight is 296 g/mol. The lowest BCUT2D eigenvalue weighted by Crippen LogP contribution is -2.63. The molecule has 0 aliphatic carbocycles. The first-order chi connectivity index (χ1) is 10.6. The molecule has 2 unspecified atom stereocenters. The maximum absolute atomic E-state index is 12.2. The molecular weight excluding hydrogens is 280 g/mol. The SMILES string of the molecule is Cc1ccc(C2C(N)C(=O)N2c2ccc3c(c2)OCO3)cc1. The number of anilines is 1. The van der Waals surface area contributed by atoms with Crippen LogP contribution in [0.5, 0.6) is 11.5 Å². The first-order valence-corrected chi connectivity index (χ1v) is 7.20. The Morgan fingerprint density at radius 3 is 2.59 bits per heavy atom. The van der Waals surface area contributed by atoms with E-state index in [0.717, 1.165) is 11.3 Å². The summed E-state index contributed by atoms with van der Waals surface area (Å²) in [4.78, 5) is 14.0. The molecule has 2 heterocycles. The molecule has 4 rings (SSSR count). The molecule has 2 atom stereocenters. The molecule has 2 aliphatic heterocycles. The van der Waals surface area contributed by atoms with Crippen LogP contribution in [0.15, 0.2) is 42.5 Å². The fourth-order valence-electron chi connectivity index (χ4n) is 2.95. The van der Waals surface area contributed by atoms with Crippen molar-refractivity contribution in [1.82, 2.24) is 0 Å². The summed E-state index contributed by atoms with van der Waals surface area (Å²) in [5.41, 5.74) is 9.02. The third-order valence-corrected chi connectivity index (χ3v) is 4.19. The van der Waals surface area contributed by atoms with E-state index in [1.54, 1.807) is 4.90 Å². The number of rotatable bonds is 2. The fraction of sp³-hybridized carbons (Fsp3) is 0.235. The molecule has 0 saturated carbocycles. The molecule has 112 valence electrons. The normalized spacial score (nSPS) is 22.6. The van der Waals surface area contributed by atoms with Gasteiger partial charge in [0.2, 0.25) is 12.7 Å². The van der Waals surface area contributed by atoms with Crippen LogP contribution in [0, 0.1) is 6.92 Å². The summed E-state index contributed by atoms with van der Waals surface area (Å²) in [6.45, 7) is 2.25. The van der Waals surface area contributed by atoms with Crippen LogP contribution in [-0.4, -0.2) is 18.7 Å². The largest absolute Gasteiger partial charge is 0.454 e. The lowest BCUT2D eigenvalue weighted by atomic mass is 9.88. The smallest absolute Gasteiger partial charge is 0.247 e. The number of aryl methyl sites for hydroxylation is 1. The third-order valence-electron chi connectivity index (χ3n) is 4.19. The minimum atomic E-state index is -0.506. The van der Waals surface area contributed by atoms with Crippen LogP contribution in [0.4, 0.5) is 5.69 Å². The van der Waals surface area contributed by atoms with Gasteiger partial charge in [0.15, 0.2) is 11.5 Å². The molecule has 1 fully saturated rings. The lowest BCUT2D eigenvalue weighted by Gasteiger charge is -2.45. The van der Waals surface area contributed by atoms with Crippen LogP contribution in [0.2, 0.25) is 0 Å². The number of hydrogen-bond acceptors (Lipinski definition) is 4. The second-order valence-electron chi connectivity index (χ2n) is 5.63. The van der Waals surface area contributed by atoms with Crippen LogP contribution in [-0.2, 0) is 4.79 Å². The number of fused-ring (bicyclic) bond motifs is 1. The summed E-state index contributed by atoms with van der Waals surface area (Å²) in [6.07, 6.45) is 0. The highest BCUT2D eigenvalue weighted by atomic mass is 16.7. The fourth-order valence-corrected chi connectivity index (χ4v) is 2.95. The maximum Gasteiger partial charge on any atom is 0.247 e. The van der Waals surface area contributed by atoms with Crippen LogP contribution in [0.1, 0.15) is 17.2 Å². The van der Waals surface area contributed by atoms with Crippen molar-refractivity contribution >= 4 is 11.6 Å². The predicted molar refractivity (Wildman–Crippen MR) is 81.9 cm³/mol. The summed E-state index contributed by atoms with van der Waals surface area (Å²) in [6, 6.07) is 13.0. The summed E-state index contributed by atoms with van der Waals surface area (Å²) in [5, 5.41) is 0. The molecule has 5 nitrogen and oxygen atoms in total. The van der Waals surface area contributed by atoms with Crippen LogP contribution < -0.4 is 20.1 Å². The molecule has 0 spiro atoms. The van der Waals surface area contributed by atoms with Gasteiger partial charge in [0.1, 0.15) is 6.04 Å². The van der Waals surface area contributed by atoms with Gasteiger partial charge in [0.05, 0.1) is 6.04 Å². The van der Waals surface area contributed by atoms with Crippen molar-refractivity contribution in [1.29, 1.82) is 0 Å². The lowest BCUT2D eigenvalue weighted by molar-refractivity contribution is -0.126. The van der Waals surface area contributed by atoms with Gasteiger partial charge in [-0.15, -0.1) is 0 Å². The molecule has 5 heteroatoms. The standard InChI is InChI=1S/C17H16N2O3/c1-10-2-4-11(5-3-10)16-15(18)17(20)19(16)12-6-7-13-14(8-12)22-9-21-13/h2-8,15-16H,9,18H2,1H3. The molecule has 22 heavy (non-hydrogen) atoms. The molecule has 1 saturated heterocycles. The van der Waals surface area contributed by atoms with Gasteiger partial charge >= 0.3 is 0 Å². The van der Waals surface area contributed by atoms with E-state index >= 15 is 0 Å². The molecular formula is C17H16N2O3. The minimum absolute atomic E-state index is 0.0792. The second-order valence-corrected chi connectivity index (χ2v) is 5.63. The number of ether oxygens (including phenoxy) is 2. The van der Waals surface area contributed by atoms with E-state index in [0.29, 0.717) is 11.5 Å². The third kappa shape index (κ3) is 1.86. The van der Waals surface area contributed by atoms with Crippen molar-refractivity contribution in [3.05, 3.63) is 53.6 Å². The highest BCUT2D eigenvalue weighted by Crippen LogP contribution is 2.42. The van der Waals surface area contributed by atoms with Crippen molar-refractivity contribution in [3.63, 3.8) is 0 Å². The van der Waals surface area contributed by atoms with Gasteiger partial charge in [-0.25, -0.2) is 0 Å². The van der Waals surface area contributed by atoms with E-state index in [1.165, 1.54) is 5.56 Å². The first kappa shape index (κ1) is 13.2. The Morgan fingerprint density at radius 1 is 1.09 bits per heavy atom. The Morgan fingerprint density at radius 2 is 1.82 bits per heavy atom. The van der Waals surface area contributed by atoms with Crippen molar-refractivity contribution < 1.29 is 14.3 Å². The van der Waals surface area contributed by atoms with E-state index in [9.17, 15) is 4.79 Å². The van der Waals surface area contributed by atoms with Gasteiger partial charge in [-0.2, -0.15) is 0 Å². The Balaban J connectivity index is 1.70. The van der Waals surface area contributed by atoms with E-state index in [4.69, 9.17) is 15.2 Å². The zero-order chi connectivity index (χ0) is 15.3. The van der Waals surface area contributed by atoms with Gasteiger partial charge in [-0.1, -0.05) is 29.8 Å². The van der Waals surface area contributed by atoms with E-state index in [1.807, 2.05) is 49.4 Å². The average Bonchev–Trinajstić information content (AvgIpc) is 3.00. The van der Waals surface area contributed by atoms with Crippen molar-refractivity contribution in [2.45, 2.75) is 19.0 Å². The zero-order valence-corrected chi connectivity index (χ0v) is 12.2. The monoisotopic (exact) mass is 296 g/mol. The number of nitrogens with zero attached hydrogens (tertiary/aromatic N) is 1. The topological polar surface area (TPSA) is 64.8 Å². The molecule has 0 bridgehead atoms. The van der Waals surface area contributed by atoms with Crippen molar-refractivity contribution in [2.75, 3.05) is 11.7 Å². The highest BCUT2D eigenvalue weighted by Gasteiger charge is 2.46. The number of hydrogen-bond donors (Lipinski definition) is 1. The molecule has 2 aliphatic rings. The number of carbonyl (C=O) groups is 1. The number of benzene rings is 2. The molecule has 0 radical (unpaired) electrons. The van der Waals surface area contributed by atoms with Crippen molar-refractivity contribution in [3.8, 4) is 11.5 Å². The Hall–Kier alpha value is -2.53. The van der Waals surface area contributed by atoms with Gasteiger partial charge in [-0.3, -0.25) is 4.79 Å². The molecule has 2 aromatic carbocycles. The van der Waals surface area contributed by atoms with E-state index < -0.39 is 6.04 Å². The predicted octanol–water partition coefficient (Wildman–Crippen LogP) is 2.14. The summed E-state index contributed by atoms with van der Waals surface area (Å²) in [5.74, 6) is 1.28. The Labute approximate surface area is 128 Å². The minimum Gasteiger partial charge on any atom is -0.454 e. The summed E-state index contributed by atoms with van der Waals surface area (Å²) >= 11 is 0. The molecule has 2 aromatic rings. The maximum atomic E-state index is 12.2. The van der Waals surface area contributed by atoms with Crippen molar-refractivity contribution in [2.24, 2.45) is 5.73 Å². The van der Waals surface area contributed by atoms with Crippen LogP contribution >= 0.6 is 0 Å². The number of amides is 1. The first-order valence-electron chi connectivity index (χ1n) is 7.20. The van der Waals surface area contributed by atoms with Gasteiger partial charge in [-0.05, 0) is 24.6 Å². The van der Waals surface area contributed by atoms with Gasteiger partial charge in [0, 0.05) is 11.8 Å². The Bertz CT molecular complexity index is 742. The number of nitrogens with two attached hydrogens (primary N) is 1. The zero-order valence-electron chi connectivity index (χ0n) is 12.2. The molecule has 1 amide bonds. The number of β-lactam (4-membered cyclic amide) rings is 1. The Kier molecular flexibility index (Phi) is 2.84. The van der Waals surface area contributed by atoms with Gasteiger partial charge < -0.3 is 20.1 Å². The molecule has 0 aromatic heterocycles. The van der Waals surface area contributed by atoms with Crippen LogP contribution in [0.25, 0.3) is 0 Å². The number of carbonyl (C=O) groups excluding carboxylic acids is 1. The summed E-state index contributed by atoms with van der Waals surface area (Å²) in [7, 11) is 0. The van der Waals surface area contributed by atoms with Gasteiger partial charge in [0.25, 0.3) is 0 Å². The summed E-state index contributed by atoms with van der Waals surface area (Å²) < 4.78 is 10.7. The highest BCUT2D eigenvalue weighted by molar-refractivity contribution is 6.05. The van der Waals surface area contributed by atoms with E-state index in [2.05, 4.69) is 0 Å². The molecule has 2 N–H and O–H groups in total. The second kappa shape index (κ2) is 4.74.